The first-order valence-corrected chi connectivity index (χ1v) is 5.87. The molecule has 15 heavy (non-hydrogen) atoms. The molecule has 1 heteroatoms. The van der Waals surface area contributed by atoms with Gasteiger partial charge >= 0.3 is 0 Å². The highest BCUT2D eigenvalue weighted by atomic mass is 15.1. The summed E-state index contributed by atoms with van der Waals surface area (Å²) in [6, 6.07) is 11.3. The molecule has 0 aliphatic heterocycles. The molecule has 0 saturated carbocycles. The van der Waals surface area contributed by atoms with Gasteiger partial charge in [0.15, 0.2) is 0 Å². The van der Waals surface area contributed by atoms with Gasteiger partial charge in [0.05, 0.1) is 0 Å². The second-order valence-corrected chi connectivity index (χ2v) is 4.90. The summed E-state index contributed by atoms with van der Waals surface area (Å²) in [6.45, 7) is 11.3. The Kier molecular flexibility index (Phi) is 4.83. The summed E-state index contributed by atoms with van der Waals surface area (Å²) in [5, 5.41) is 0. The lowest BCUT2D eigenvalue weighted by Gasteiger charge is -2.28. The molecule has 0 aliphatic carbocycles. The Balaban J connectivity index is 2.59. The molecule has 0 radical (unpaired) electrons. The minimum atomic E-state index is 0.618. The van der Waals surface area contributed by atoms with Crippen LogP contribution in [0.25, 0.3) is 0 Å². The first-order chi connectivity index (χ1) is 7.09. The van der Waals surface area contributed by atoms with Crippen LogP contribution in [0.15, 0.2) is 30.3 Å². The van der Waals surface area contributed by atoms with Crippen LogP contribution in [0.3, 0.4) is 0 Å². The molecule has 84 valence electrons. The molecule has 1 aromatic rings. The molecule has 0 atom stereocenters. The van der Waals surface area contributed by atoms with Crippen molar-refractivity contribution >= 4 is 0 Å². The minimum absolute atomic E-state index is 0.618. The van der Waals surface area contributed by atoms with Gasteiger partial charge < -0.3 is 0 Å². The molecule has 0 aromatic heterocycles. The molecule has 0 aliphatic rings. The summed E-state index contributed by atoms with van der Waals surface area (Å²) >= 11 is 0. The summed E-state index contributed by atoms with van der Waals surface area (Å²) in [4.78, 5) is 2.53. The van der Waals surface area contributed by atoms with E-state index in [2.05, 4.69) is 62.9 Å². The predicted octanol–water partition coefficient (Wildman–Crippen LogP) is 3.55. The highest BCUT2D eigenvalue weighted by Gasteiger charge is 2.11. The third kappa shape index (κ3) is 4.48. The summed E-state index contributed by atoms with van der Waals surface area (Å²) in [7, 11) is 0. The molecule has 1 nitrogen and oxygen atoms in total. The van der Waals surface area contributed by atoms with Crippen molar-refractivity contribution in [3.8, 4) is 0 Å². The Hall–Kier alpha value is -0.820. The fourth-order valence-electron chi connectivity index (χ4n) is 1.74. The van der Waals surface area contributed by atoms with Crippen molar-refractivity contribution in [3.63, 3.8) is 0 Å². The van der Waals surface area contributed by atoms with Crippen LogP contribution in [-0.4, -0.2) is 17.5 Å². The maximum atomic E-state index is 2.53. The maximum absolute atomic E-state index is 2.53. The van der Waals surface area contributed by atoms with Crippen molar-refractivity contribution in [3.05, 3.63) is 35.9 Å². The molecule has 0 bridgehead atoms. The van der Waals surface area contributed by atoms with Gasteiger partial charge in [0, 0.05) is 19.1 Å². The van der Waals surface area contributed by atoms with E-state index in [9.17, 15) is 0 Å². The topological polar surface area (TPSA) is 3.24 Å². The van der Waals surface area contributed by atoms with E-state index in [1.807, 2.05) is 0 Å². The van der Waals surface area contributed by atoms with Gasteiger partial charge in [-0.25, -0.2) is 0 Å². The smallest absolute Gasteiger partial charge is 0.0236 e. The maximum Gasteiger partial charge on any atom is 0.0236 e. The molecule has 0 saturated heterocycles. The Morgan fingerprint density at radius 1 is 1.00 bits per heavy atom. The molecule has 0 N–H and O–H groups in total. The number of benzene rings is 1. The van der Waals surface area contributed by atoms with E-state index in [0.717, 1.165) is 12.5 Å². The molecular formula is C14H23N. The summed E-state index contributed by atoms with van der Waals surface area (Å²) in [6.07, 6.45) is 0. The fourth-order valence-corrected chi connectivity index (χ4v) is 1.74. The number of hydrogen-bond acceptors (Lipinski definition) is 1. The number of nitrogens with zero attached hydrogens (tertiary/aromatic N) is 1. The van der Waals surface area contributed by atoms with Crippen LogP contribution in [0, 0.1) is 5.92 Å². The summed E-state index contributed by atoms with van der Waals surface area (Å²) < 4.78 is 0. The van der Waals surface area contributed by atoms with Crippen LogP contribution in [0.1, 0.15) is 33.3 Å². The van der Waals surface area contributed by atoms with Crippen molar-refractivity contribution in [2.45, 2.75) is 40.3 Å². The molecule has 0 amide bonds. The minimum Gasteiger partial charge on any atom is -0.296 e. The lowest BCUT2D eigenvalue weighted by atomic mass is 10.1. The molecule has 1 aromatic carbocycles. The van der Waals surface area contributed by atoms with Gasteiger partial charge in [0.2, 0.25) is 0 Å². The zero-order valence-electron chi connectivity index (χ0n) is 10.4. The van der Waals surface area contributed by atoms with Gasteiger partial charge in [-0.2, -0.15) is 0 Å². The van der Waals surface area contributed by atoms with Crippen LogP contribution in [-0.2, 0) is 6.54 Å². The predicted molar refractivity (Wildman–Crippen MR) is 66.8 cm³/mol. The van der Waals surface area contributed by atoms with Gasteiger partial charge in [-0.3, -0.25) is 4.90 Å². The average molecular weight is 205 g/mol. The SMILES string of the molecule is CC(C)CN(Cc1ccccc1)C(C)C. The van der Waals surface area contributed by atoms with Crippen LogP contribution in [0.4, 0.5) is 0 Å². The largest absolute Gasteiger partial charge is 0.296 e. The second-order valence-electron chi connectivity index (χ2n) is 4.90. The van der Waals surface area contributed by atoms with Crippen molar-refractivity contribution in [1.82, 2.24) is 4.90 Å². The fraction of sp³-hybridized carbons (Fsp3) is 0.571. The standard InChI is InChI=1S/C14H23N/c1-12(2)10-15(13(3)4)11-14-8-6-5-7-9-14/h5-9,12-13H,10-11H2,1-4H3. The van der Waals surface area contributed by atoms with E-state index in [-0.39, 0.29) is 0 Å². The first-order valence-electron chi connectivity index (χ1n) is 5.87. The van der Waals surface area contributed by atoms with Crippen molar-refractivity contribution < 1.29 is 0 Å². The van der Waals surface area contributed by atoms with E-state index in [1.165, 1.54) is 12.1 Å². The Labute approximate surface area is 94.1 Å². The van der Waals surface area contributed by atoms with Gasteiger partial charge in [0.25, 0.3) is 0 Å². The second kappa shape index (κ2) is 5.92. The van der Waals surface area contributed by atoms with Gasteiger partial charge in [-0.1, -0.05) is 44.2 Å². The zero-order chi connectivity index (χ0) is 11.3. The average Bonchev–Trinajstić information content (AvgIpc) is 2.17. The molecule has 1 rings (SSSR count). The lowest BCUT2D eigenvalue weighted by Crippen LogP contribution is -2.33. The first kappa shape index (κ1) is 12.3. The number of rotatable bonds is 5. The Morgan fingerprint density at radius 2 is 1.60 bits per heavy atom. The Bertz CT molecular complexity index is 264. The third-order valence-corrected chi connectivity index (χ3v) is 2.56. The van der Waals surface area contributed by atoms with E-state index in [4.69, 9.17) is 0 Å². The summed E-state index contributed by atoms with van der Waals surface area (Å²) in [5.74, 6) is 0.733. The lowest BCUT2D eigenvalue weighted by molar-refractivity contribution is 0.189. The van der Waals surface area contributed by atoms with Crippen LogP contribution in [0.2, 0.25) is 0 Å². The van der Waals surface area contributed by atoms with Crippen LogP contribution >= 0.6 is 0 Å². The third-order valence-electron chi connectivity index (χ3n) is 2.56. The van der Waals surface area contributed by atoms with Crippen LogP contribution in [0.5, 0.6) is 0 Å². The van der Waals surface area contributed by atoms with E-state index >= 15 is 0 Å². The monoisotopic (exact) mass is 205 g/mol. The quantitative estimate of drug-likeness (QED) is 0.710. The van der Waals surface area contributed by atoms with Crippen molar-refractivity contribution in [2.24, 2.45) is 5.92 Å². The van der Waals surface area contributed by atoms with Crippen molar-refractivity contribution in [1.29, 1.82) is 0 Å². The van der Waals surface area contributed by atoms with E-state index in [1.54, 1.807) is 0 Å². The highest BCUT2D eigenvalue weighted by molar-refractivity contribution is 5.14. The van der Waals surface area contributed by atoms with Gasteiger partial charge in [-0.15, -0.1) is 0 Å². The molecule has 0 heterocycles. The molecule has 0 fully saturated rings. The van der Waals surface area contributed by atoms with Crippen molar-refractivity contribution in [2.75, 3.05) is 6.54 Å². The zero-order valence-corrected chi connectivity index (χ0v) is 10.4. The van der Waals surface area contributed by atoms with Gasteiger partial charge in [0.1, 0.15) is 0 Å². The number of hydrogen-bond donors (Lipinski definition) is 0. The molecule has 0 spiro atoms. The van der Waals surface area contributed by atoms with Crippen LogP contribution < -0.4 is 0 Å². The Morgan fingerprint density at radius 3 is 2.07 bits per heavy atom. The molecule has 0 unspecified atom stereocenters. The summed E-state index contributed by atoms with van der Waals surface area (Å²) in [5.41, 5.74) is 1.41. The highest BCUT2D eigenvalue weighted by Crippen LogP contribution is 2.10. The normalized spacial score (nSPS) is 11.7. The van der Waals surface area contributed by atoms with E-state index in [0.29, 0.717) is 6.04 Å². The molecular weight excluding hydrogens is 182 g/mol. The van der Waals surface area contributed by atoms with E-state index < -0.39 is 0 Å². The van der Waals surface area contributed by atoms with Gasteiger partial charge in [-0.05, 0) is 25.3 Å².